The summed E-state index contributed by atoms with van der Waals surface area (Å²) in [5, 5.41) is 8.28. The van der Waals surface area contributed by atoms with E-state index in [9.17, 15) is 9.59 Å². The number of hydrogen-bond donors (Lipinski definition) is 2. The molecule has 6 atom stereocenters. The minimum Gasteiger partial charge on any atom is -0.367 e. The van der Waals surface area contributed by atoms with Gasteiger partial charge in [0, 0.05) is 25.0 Å². The van der Waals surface area contributed by atoms with Gasteiger partial charge in [-0.05, 0) is 86.0 Å². The molecule has 1 aliphatic heterocycles. The summed E-state index contributed by atoms with van der Waals surface area (Å²) in [5.41, 5.74) is 0. The third-order valence-electron chi connectivity index (χ3n) is 8.88. The SMILES string of the molecule is O=C1[C@@H]2[C@H]3CC[C@H](C3)[C@@H]2C(=O)N1C[C@@H]1CCCC[C@H]1CNCCNc1nsc2ccccc12. The summed E-state index contributed by atoms with van der Waals surface area (Å²) in [6.45, 7) is 3.32. The molecule has 176 valence electrons. The van der Waals surface area contributed by atoms with Gasteiger partial charge in [0.25, 0.3) is 0 Å². The number of aromatic nitrogens is 1. The zero-order valence-corrected chi connectivity index (χ0v) is 20.0. The van der Waals surface area contributed by atoms with Gasteiger partial charge in [-0.15, -0.1) is 0 Å². The van der Waals surface area contributed by atoms with Gasteiger partial charge in [0.05, 0.1) is 16.5 Å². The highest BCUT2D eigenvalue weighted by Crippen LogP contribution is 2.56. The summed E-state index contributed by atoms with van der Waals surface area (Å²) in [6.07, 6.45) is 8.21. The van der Waals surface area contributed by atoms with Crippen molar-refractivity contribution in [3.05, 3.63) is 24.3 Å². The van der Waals surface area contributed by atoms with Crippen LogP contribution in [0.2, 0.25) is 0 Å². The normalized spacial score (nSPS) is 33.3. The molecule has 3 saturated carbocycles. The van der Waals surface area contributed by atoms with Crippen LogP contribution in [0.15, 0.2) is 24.3 Å². The Balaban J connectivity index is 1.01. The van der Waals surface area contributed by atoms with E-state index in [1.807, 2.05) is 6.07 Å². The van der Waals surface area contributed by atoms with Crippen molar-refractivity contribution >= 4 is 39.3 Å². The Kier molecular flexibility index (Phi) is 5.87. The number of nitrogens with one attached hydrogen (secondary N) is 2. The van der Waals surface area contributed by atoms with Gasteiger partial charge in [0.1, 0.15) is 5.82 Å². The van der Waals surface area contributed by atoms with Gasteiger partial charge in [-0.25, -0.2) is 0 Å². The van der Waals surface area contributed by atoms with Crippen molar-refractivity contribution in [2.24, 2.45) is 35.5 Å². The smallest absolute Gasteiger partial charge is 0.233 e. The monoisotopic (exact) mass is 466 g/mol. The lowest BCUT2D eigenvalue weighted by atomic mass is 9.78. The molecule has 2 aromatic rings. The number of benzene rings is 1. The Morgan fingerprint density at radius 3 is 2.45 bits per heavy atom. The van der Waals surface area contributed by atoms with E-state index in [0.29, 0.717) is 30.2 Å². The minimum atomic E-state index is 0.0179. The molecule has 33 heavy (non-hydrogen) atoms. The van der Waals surface area contributed by atoms with E-state index in [1.165, 1.54) is 40.9 Å². The molecule has 3 aliphatic carbocycles. The van der Waals surface area contributed by atoms with E-state index in [2.05, 4.69) is 33.2 Å². The highest BCUT2D eigenvalue weighted by Gasteiger charge is 2.60. The largest absolute Gasteiger partial charge is 0.367 e. The Labute approximate surface area is 199 Å². The van der Waals surface area contributed by atoms with E-state index in [0.717, 1.165) is 51.1 Å². The van der Waals surface area contributed by atoms with Crippen LogP contribution in [-0.2, 0) is 9.59 Å². The van der Waals surface area contributed by atoms with Gasteiger partial charge in [-0.1, -0.05) is 25.0 Å². The highest BCUT2D eigenvalue weighted by molar-refractivity contribution is 7.13. The average Bonchev–Trinajstić information content (AvgIpc) is 3.60. The molecule has 1 aromatic carbocycles. The molecule has 1 aromatic heterocycles. The second-order valence-electron chi connectivity index (χ2n) is 10.6. The van der Waals surface area contributed by atoms with Gasteiger partial charge in [-0.2, -0.15) is 4.37 Å². The predicted molar refractivity (Wildman–Crippen MR) is 131 cm³/mol. The van der Waals surface area contributed by atoms with E-state index in [1.54, 1.807) is 4.90 Å². The van der Waals surface area contributed by atoms with Crippen LogP contribution in [0.1, 0.15) is 44.9 Å². The summed E-state index contributed by atoms with van der Waals surface area (Å²) in [7, 11) is 0. The number of anilines is 1. The number of fused-ring (bicyclic) bond motifs is 6. The van der Waals surface area contributed by atoms with Crippen molar-refractivity contribution in [3.63, 3.8) is 0 Å². The zero-order valence-electron chi connectivity index (χ0n) is 19.2. The minimum absolute atomic E-state index is 0.0179. The Morgan fingerprint density at radius 1 is 0.939 bits per heavy atom. The molecule has 0 unspecified atom stereocenters. The van der Waals surface area contributed by atoms with Crippen molar-refractivity contribution in [2.75, 3.05) is 31.5 Å². The molecule has 6 rings (SSSR count). The Morgan fingerprint density at radius 2 is 1.67 bits per heavy atom. The first-order valence-corrected chi connectivity index (χ1v) is 13.6. The third-order valence-corrected chi connectivity index (χ3v) is 9.71. The second-order valence-corrected chi connectivity index (χ2v) is 11.4. The highest BCUT2D eigenvalue weighted by atomic mass is 32.1. The number of likely N-dealkylation sites (tertiary alicyclic amines) is 1. The van der Waals surface area contributed by atoms with Crippen LogP contribution in [0.5, 0.6) is 0 Å². The van der Waals surface area contributed by atoms with Crippen molar-refractivity contribution in [3.8, 4) is 0 Å². The number of carbonyl (C=O) groups is 2. The number of hydrogen-bond acceptors (Lipinski definition) is 6. The molecule has 6 nitrogen and oxygen atoms in total. The number of rotatable bonds is 8. The standard InChI is InChI=1S/C26H34N4O2S/c31-25-22-16-9-10-17(13-16)23(22)26(32)30(25)15-19-6-2-1-5-18(19)14-27-11-12-28-24-20-7-3-4-8-21(20)33-29-24/h3-4,7-8,16-19,22-23,27H,1-2,5-6,9-15H2,(H,28,29)/t16-,17+,18-,19-,22+,23-/m0/s1. The lowest BCUT2D eigenvalue weighted by molar-refractivity contribution is -0.142. The van der Waals surface area contributed by atoms with E-state index >= 15 is 0 Å². The lowest BCUT2D eigenvalue weighted by Crippen LogP contribution is -2.42. The maximum absolute atomic E-state index is 13.1. The van der Waals surface area contributed by atoms with Crippen LogP contribution in [0.25, 0.3) is 10.1 Å². The fourth-order valence-electron chi connectivity index (χ4n) is 7.25. The molecule has 4 fully saturated rings. The molecule has 1 saturated heterocycles. The first kappa shape index (κ1) is 21.5. The summed E-state index contributed by atoms with van der Waals surface area (Å²) in [6, 6.07) is 8.32. The summed E-state index contributed by atoms with van der Waals surface area (Å²) in [5.74, 6) is 3.26. The number of imide groups is 1. The van der Waals surface area contributed by atoms with Crippen molar-refractivity contribution < 1.29 is 9.59 Å². The lowest BCUT2D eigenvalue weighted by Gasteiger charge is -2.34. The van der Waals surface area contributed by atoms with E-state index in [-0.39, 0.29) is 23.7 Å². The fourth-order valence-corrected chi connectivity index (χ4v) is 8.00. The first-order chi connectivity index (χ1) is 16.2. The van der Waals surface area contributed by atoms with Crippen LogP contribution in [0.3, 0.4) is 0 Å². The van der Waals surface area contributed by atoms with Crippen LogP contribution in [-0.4, -0.2) is 47.3 Å². The summed E-state index contributed by atoms with van der Waals surface area (Å²) in [4.78, 5) is 28.0. The van der Waals surface area contributed by atoms with Crippen LogP contribution < -0.4 is 10.6 Å². The maximum Gasteiger partial charge on any atom is 0.233 e. The number of amides is 2. The van der Waals surface area contributed by atoms with Gasteiger partial charge in [-0.3, -0.25) is 14.5 Å². The number of nitrogens with zero attached hydrogens (tertiary/aromatic N) is 2. The molecule has 2 amide bonds. The molecular formula is C26H34N4O2S. The van der Waals surface area contributed by atoms with E-state index in [4.69, 9.17) is 0 Å². The van der Waals surface area contributed by atoms with Crippen LogP contribution >= 0.6 is 11.5 Å². The topological polar surface area (TPSA) is 74.3 Å². The summed E-state index contributed by atoms with van der Waals surface area (Å²) < 4.78 is 5.75. The molecule has 0 spiro atoms. The Hall–Kier alpha value is -1.99. The van der Waals surface area contributed by atoms with E-state index < -0.39 is 0 Å². The molecule has 0 radical (unpaired) electrons. The van der Waals surface area contributed by atoms with Gasteiger partial charge < -0.3 is 10.6 Å². The maximum atomic E-state index is 13.1. The van der Waals surface area contributed by atoms with Crippen molar-refractivity contribution in [1.29, 1.82) is 0 Å². The summed E-state index contributed by atoms with van der Waals surface area (Å²) >= 11 is 1.53. The molecule has 4 aliphatic rings. The third kappa shape index (κ3) is 3.87. The molecule has 2 bridgehead atoms. The van der Waals surface area contributed by atoms with Gasteiger partial charge in [0.15, 0.2) is 0 Å². The van der Waals surface area contributed by atoms with Crippen molar-refractivity contribution in [1.82, 2.24) is 14.6 Å². The first-order valence-electron chi connectivity index (χ1n) is 12.8. The van der Waals surface area contributed by atoms with Gasteiger partial charge in [0.2, 0.25) is 11.8 Å². The van der Waals surface area contributed by atoms with Crippen LogP contribution in [0.4, 0.5) is 5.82 Å². The zero-order chi connectivity index (χ0) is 22.4. The van der Waals surface area contributed by atoms with Gasteiger partial charge >= 0.3 is 0 Å². The average molecular weight is 467 g/mol. The van der Waals surface area contributed by atoms with Crippen LogP contribution in [0, 0.1) is 35.5 Å². The predicted octanol–water partition coefficient (Wildman–Crippen LogP) is 4.14. The molecule has 2 N–H and O–H groups in total. The molecule has 7 heteroatoms. The quantitative estimate of drug-likeness (QED) is 0.452. The Bertz CT molecular complexity index is 1010. The van der Waals surface area contributed by atoms with Crippen molar-refractivity contribution in [2.45, 2.75) is 44.9 Å². The molecular weight excluding hydrogens is 432 g/mol. The second kappa shape index (κ2) is 8.99. The number of carbonyl (C=O) groups excluding carboxylic acids is 2. The molecule has 2 heterocycles. The fraction of sp³-hybridized carbons (Fsp3) is 0.654.